The fraction of sp³-hybridized carbons (Fsp3) is 0.385. The van der Waals surface area contributed by atoms with Crippen LogP contribution in [0.1, 0.15) is 43.6 Å². The van der Waals surface area contributed by atoms with Gasteiger partial charge in [-0.25, -0.2) is 0 Å². The molecule has 0 aliphatic rings. The molecule has 0 heterocycles. The highest BCUT2D eigenvalue weighted by atomic mass is 32.2. The molecule has 0 aliphatic carbocycles. The summed E-state index contributed by atoms with van der Waals surface area (Å²) in [5.41, 5.74) is 1.58. The molecule has 7 nitrogen and oxygen atoms in total. The summed E-state index contributed by atoms with van der Waals surface area (Å²) in [6.45, 7) is 5.31. The van der Waals surface area contributed by atoms with Crippen molar-refractivity contribution in [1.82, 2.24) is 16.0 Å². The summed E-state index contributed by atoms with van der Waals surface area (Å²) in [6.07, 6.45) is 0.705. The van der Waals surface area contributed by atoms with Crippen molar-refractivity contribution in [2.24, 2.45) is 5.92 Å². The number of benzene rings is 2. The van der Waals surface area contributed by atoms with Crippen molar-refractivity contribution in [1.29, 1.82) is 0 Å². The van der Waals surface area contributed by atoms with Crippen LogP contribution in [0.5, 0.6) is 0 Å². The van der Waals surface area contributed by atoms with E-state index in [4.69, 9.17) is 0 Å². The Morgan fingerprint density at radius 3 is 1.88 bits per heavy atom. The normalized spacial score (nSPS) is 13.4. The van der Waals surface area contributed by atoms with Crippen molar-refractivity contribution >= 4 is 34.6 Å². The minimum atomic E-state index is -0.853. The van der Waals surface area contributed by atoms with Crippen LogP contribution in [0.15, 0.2) is 60.7 Å². The molecule has 0 aliphatic heterocycles. The Labute approximate surface area is 205 Å². The summed E-state index contributed by atoms with van der Waals surface area (Å²) in [5.74, 6) is -1.07. The van der Waals surface area contributed by atoms with Gasteiger partial charge in [-0.3, -0.25) is 19.2 Å². The number of rotatable bonds is 11. The number of amides is 3. The van der Waals surface area contributed by atoms with Crippen molar-refractivity contribution in [2.75, 3.05) is 7.05 Å². The second-order valence-corrected chi connectivity index (χ2v) is 9.74. The number of carbonyl (C=O) groups is 4. The Morgan fingerprint density at radius 2 is 1.35 bits per heavy atom. The first kappa shape index (κ1) is 27.1. The third-order valence-corrected chi connectivity index (χ3v) is 6.18. The number of nitrogens with one attached hydrogen (secondary N) is 3. The Bertz CT molecular complexity index is 967. The van der Waals surface area contributed by atoms with E-state index in [0.29, 0.717) is 18.4 Å². The van der Waals surface area contributed by atoms with Crippen LogP contribution in [0.25, 0.3) is 0 Å². The van der Waals surface area contributed by atoms with Crippen LogP contribution in [0.2, 0.25) is 0 Å². The van der Waals surface area contributed by atoms with Gasteiger partial charge in [-0.15, -0.1) is 0 Å². The third-order valence-electron chi connectivity index (χ3n) is 5.13. The van der Waals surface area contributed by atoms with Gasteiger partial charge in [0.25, 0.3) is 0 Å². The maximum atomic E-state index is 13.2. The predicted molar refractivity (Wildman–Crippen MR) is 135 cm³/mol. The minimum Gasteiger partial charge on any atom is -0.357 e. The van der Waals surface area contributed by atoms with Crippen LogP contribution >= 0.6 is 11.8 Å². The summed E-state index contributed by atoms with van der Waals surface area (Å²) < 4.78 is 0. The highest BCUT2D eigenvalue weighted by Gasteiger charge is 2.30. The fourth-order valence-electron chi connectivity index (χ4n) is 3.52. The molecular weight excluding hydrogens is 450 g/mol. The van der Waals surface area contributed by atoms with E-state index in [1.165, 1.54) is 14.0 Å². The molecule has 0 aromatic heterocycles. The van der Waals surface area contributed by atoms with Crippen molar-refractivity contribution in [3.8, 4) is 0 Å². The molecule has 1 unspecified atom stereocenters. The van der Waals surface area contributed by atoms with Crippen LogP contribution in [-0.4, -0.2) is 42.0 Å². The maximum absolute atomic E-state index is 13.2. The van der Waals surface area contributed by atoms with Gasteiger partial charge in [0.2, 0.25) is 17.7 Å². The van der Waals surface area contributed by atoms with E-state index in [-0.39, 0.29) is 16.9 Å². The van der Waals surface area contributed by atoms with E-state index in [9.17, 15) is 19.2 Å². The Balaban J connectivity index is 2.21. The summed E-state index contributed by atoms with van der Waals surface area (Å²) in [7, 11) is 1.52. The number of carbonyl (C=O) groups excluding carboxylic acids is 4. The summed E-state index contributed by atoms with van der Waals surface area (Å²) in [4.78, 5) is 50.7. The topological polar surface area (TPSA) is 104 Å². The van der Waals surface area contributed by atoms with Crippen molar-refractivity contribution in [2.45, 2.75) is 50.9 Å². The lowest BCUT2D eigenvalue weighted by Gasteiger charge is -2.25. The lowest BCUT2D eigenvalue weighted by molar-refractivity contribution is -0.132. The predicted octanol–water partition coefficient (Wildman–Crippen LogP) is 3.01. The van der Waals surface area contributed by atoms with Crippen LogP contribution < -0.4 is 16.0 Å². The Hall–Kier alpha value is -3.13. The van der Waals surface area contributed by atoms with Gasteiger partial charge in [0.1, 0.15) is 17.3 Å². The van der Waals surface area contributed by atoms with E-state index in [1.54, 1.807) is 24.3 Å². The molecular formula is C26H33N3O4S. The number of hydrogen-bond acceptors (Lipinski definition) is 5. The van der Waals surface area contributed by atoms with Gasteiger partial charge in [-0.05, 0) is 23.5 Å². The van der Waals surface area contributed by atoms with Crippen LogP contribution in [-0.2, 0) is 25.6 Å². The SMILES string of the molecule is CNC(=O)[C@H](Cc1ccccc1)NC(=O)[C@H](CC(C)C)NC(=O)C(SC(C)=O)c1ccccc1. The third kappa shape index (κ3) is 8.67. The highest BCUT2D eigenvalue weighted by Crippen LogP contribution is 2.29. The lowest BCUT2D eigenvalue weighted by atomic mass is 10.0. The van der Waals surface area contributed by atoms with Gasteiger partial charge >= 0.3 is 0 Å². The summed E-state index contributed by atoms with van der Waals surface area (Å²) >= 11 is 0.911. The first-order valence-electron chi connectivity index (χ1n) is 11.3. The van der Waals surface area contributed by atoms with Crippen molar-refractivity contribution < 1.29 is 19.2 Å². The lowest BCUT2D eigenvalue weighted by Crippen LogP contribution is -2.54. The molecule has 2 aromatic carbocycles. The highest BCUT2D eigenvalue weighted by molar-refractivity contribution is 8.14. The van der Waals surface area contributed by atoms with Gasteiger partial charge in [0.05, 0.1) is 0 Å². The zero-order valence-electron chi connectivity index (χ0n) is 20.0. The molecule has 3 amide bonds. The Morgan fingerprint density at radius 1 is 0.794 bits per heavy atom. The zero-order valence-corrected chi connectivity index (χ0v) is 20.9. The zero-order chi connectivity index (χ0) is 25.1. The molecule has 0 saturated heterocycles. The van der Waals surface area contributed by atoms with Gasteiger partial charge in [0.15, 0.2) is 5.12 Å². The average Bonchev–Trinajstić information content (AvgIpc) is 2.81. The second kappa shape index (κ2) is 13.5. The molecule has 2 aromatic rings. The quantitative estimate of drug-likeness (QED) is 0.456. The monoisotopic (exact) mass is 483 g/mol. The minimum absolute atomic E-state index is 0.110. The fourth-order valence-corrected chi connectivity index (χ4v) is 4.32. The molecule has 0 fully saturated rings. The number of thioether (sulfide) groups is 1. The van der Waals surface area contributed by atoms with Crippen LogP contribution in [0.3, 0.4) is 0 Å². The molecule has 0 radical (unpaired) electrons. The molecule has 0 bridgehead atoms. The van der Waals surface area contributed by atoms with Crippen LogP contribution in [0, 0.1) is 5.92 Å². The molecule has 3 atom stereocenters. The standard InChI is InChI=1S/C26H33N3O4S/c1-17(2)15-21(29-26(33)23(34-18(3)30)20-13-9-6-10-14-20)25(32)28-22(24(31)27-4)16-19-11-7-5-8-12-19/h5-14,17,21-23H,15-16H2,1-4H3,(H,27,31)(H,28,32)(H,29,33)/t21-,22-,23?/m0/s1. The van der Waals surface area contributed by atoms with Gasteiger partial charge in [-0.1, -0.05) is 86.3 Å². The van der Waals surface area contributed by atoms with Gasteiger partial charge in [-0.2, -0.15) is 0 Å². The van der Waals surface area contributed by atoms with Gasteiger partial charge < -0.3 is 16.0 Å². The largest absolute Gasteiger partial charge is 0.357 e. The second-order valence-electron chi connectivity index (χ2n) is 8.46. The van der Waals surface area contributed by atoms with Crippen LogP contribution in [0.4, 0.5) is 0 Å². The van der Waals surface area contributed by atoms with Crippen molar-refractivity contribution in [3.05, 3.63) is 71.8 Å². The smallest absolute Gasteiger partial charge is 0.243 e. The van der Waals surface area contributed by atoms with Crippen molar-refractivity contribution in [3.63, 3.8) is 0 Å². The van der Waals surface area contributed by atoms with E-state index >= 15 is 0 Å². The summed E-state index contributed by atoms with van der Waals surface area (Å²) in [5, 5.41) is 7.24. The van der Waals surface area contributed by atoms with E-state index in [2.05, 4.69) is 16.0 Å². The van der Waals surface area contributed by atoms with E-state index in [0.717, 1.165) is 17.3 Å². The number of likely N-dealkylation sites (N-methyl/N-ethyl adjacent to an activating group) is 1. The summed E-state index contributed by atoms with van der Waals surface area (Å²) in [6, 6.07) is 16.7. The molecule has 0 saturated carbocycles. The average molecular weight is 484 g/mol. The molecule has 8 heteroatoms. The molecule has 2 rings (SSSR count). The molecule has 34 heavy (non-hydrogen) atoms. The number of hydrogen-bond donors (Lipinski definition) is 3. The first-order chi connectivity index (χ1) is 16.2. The Kier molecular flexibility index (Phi) is 10.8. The molecule has 182 valence electrons. The van der Waals surface area contributed by atoms with E-state index < -0.39 is 29.1 Å². The van der Waals surface area contributed by atoms with E-state index in [1.807, 2.05) is 50.2 Å². The first-order valence-corrected chi connectivity index (χ1v) is 12.2. The molecule has 3 N–H and O–H groups in total. The maximum Gasteiger partial charge on any atom is 0.243 e. The molecule has 0 spiro atoms. The van der Waals surface area contributed by atoms with Gasteiger partial charge in [0, 0.05) is 20.4 Å².